The minimum absolute atomic E-state index is 0.000528. The molecule has 1 heterocycles. The van der Waals surface area contributed by atoms with E-state index in [9.17, 15) is 4.79 Å². The third-order valence-corrected chi connectivity index (χ3v) is 6.45. The first-order chi connectivity index (χ1) is 16.8. The lowest BCUT2D eigenvalue weighted by atomic mass is 10.0. The SMILES string of the molecule is C=C(C)NC(C)C(N/C(C)=C(F)/C=C(\C(=C)N/C(=C/C=C1\CC(C)=CN1C)C(C)C)C(N)=O)C1CC1. The van der Waals surface area contributed by atoms with E-state index in [2.05, 4.69) is 54.1 Å². The van der Waals surface area contributed by atoms with Crippen molar-refractivity contribution >= 4 is 5.91 Å². The molecule has 2 aliphatic rings. The van der Waals surface area contributed by atoms with Gasteiger partial charge >= 0.3 is 0 Å². The van der Waals surface area contributed by atoms with Crippen LogP contribution < -0.4 is 21.7 Å². The summed E-state index contributed by atoms with van der Waals surface area (Å²) in [5.41, 5.74) is 10.4. The molecule has 5 N–H and O–H groups in total. The van der Waals surface area contributed by atoms with Gasteiger partial charge in [0.2, 0.25) is 0 Å². The van der Waals surface area contributed by atoms with E-state index < -0.39 is 11.7 Å². The number of allylic oxidation sites excluding steroid dienone is 8. The number of amides is 1. The number of carbonyl (C=O) groups excluding carboxylic acids is 1. The number of rotatable bonds is 13. The molecule has 2 unspecified atom stereocenters. The van der Waals surface area contributed by atoms with Gasteiger partial charge in [0.05, 0.1) is 5.57 Å². The first-order valence-corrected chi connectivity index (χ1v) is 12.6. The fourth-order valence-corrected chi connectivity index (χ4v) is 4.30. The molecule has 0 radical (unpaired) electrons. The Kier molecular flexibility index (Phi) is 10.2. The van der Waals surface area contributed by atoms with Gasteiger partial charge in [0.15, 0.2) is 0 Å². The molecular weight excluding hydrogens is 453 g/mol. The van der Waals surface area contributed by atoms with Gasteiger partial charge in [-0.15, -0.1) is 0 Å². The zero-order chi connectivity index (χ0) is 27.2. The van der Waals surface area contributed by atoms with Crippen LogP contribution in [0, 0.1) is 11.8 Å². The topological polar surface area (TPSA) is 82.4 Å². The first kappa shape index (κ1) is 29.0. The van der Waals surface area contributed by atoms with E-state index in [0.717, 1.165) is 36.7 Å². The third kappa shape index (κ3) is 8.47. The highest BCUT2D eigenvalue weighted by Crippen LogP contribution is 2.35. The van der Waals surface area contributed by atoms with Crippen molar-refractivity contribution < 1.29 is 9.18 Å². The van der Waals surface area contributed by atoms with Crippen LogP contribution in [0.4, 0.5) is 4.39 Å². The van der Waals surface area contributed by atoms with Crippen LogP contribution in [0.2, 0.25) is 0 Å². The van der Waals surface area contributed by atoms with Crippen LogP contribution in [0.25, 0.3) is 0 Å². The Morgan fingerprint density at radius 3 is 2.33 bits per heavy atom. The minimum Gasteiger partial charge on any atom is -0.385 e. The van der Waals surface area contributed by atoms with Crippen molar-refractivity contribution in [2.75, 3.05) is 7.05 Å². The minimum atomic E-state index is -0.747. The summed E-state index contributed by atoms with van der Waals surface area (Å²) in [5, 5.41) is 9.82. The summed E-state index contributed by atoms with van der Waals surface area (Å²) in [5.74, 6) is -0.704. The number of nitrogens with zero attached hydrogens (tertiary/aromatic N) is 1. The molecule has 7 heteroatoms. The van der Waals surface area contributed by atoms with Gasteiger partial charge in [-0.25, -0.2) is 4.39 Å². The van der Waals surface area contributed by atoms with E-state index in [-0.39, 0.29) is 29.3 Å². The second-order valence-corrected chi connectivity index (χ2v) is 10.4. The summed E-state index contributed by atoms with van der Waals surface area (Å²) in [6.45, 7) is 19.7. The molecule has 198 valence electrons. The van der Waals surface area contributed by atoms with Crippen molar-refractivity contribution in [2.24, 2.45) is 17.6 Å². The lowest BCUT2D eigenvalue weighted by Crippen LogP contribution is -2.46. The van der Waals surface area contributed by atoms with Crippen LogP contribution in [0.15, 0.2) is 83.0 Å². The number of hydrogen-bond acceptors (Lipinski definition) is 5. The highest BCUT2D eigenvalue weighted by atomic mass is 19.1. The highest BCUT2D eigenvalue weighted by Gasteiger charge is 2.35. The molecule has 0 aromatic heterocycles. The van der Waals surface area contributed by atoms with Crippen molar-refractivity contribution in [1.29, 1.82) is 0 Å². The maximum atomic E-state index is 15.3. The van der Waals surface area contributed by atoms with Crippen LogP contribution in [-0.2, 0) is 4.79 Å². The van der Waals surface area contributed by atoms with E-state index in [1.807, 2.05) is 40.0 Å². The van der Waals surface area contributed by atoms with Gasteiger partial charge in [0.25, 0.3) is 5.91 Å². The Bertz CT molecular complexity index is 1030. The largest absolute Gasteiger partial charge is 0.385 e. The van der Waals surface area contributed by atoms with Crippen LogP contribution in [0.3, 0.4) is 0 Å². The normalized spacial score (nSPS) is 20.1. The monoisotopic (exact) mass is 497 g/mol. The quantitative estimate of drug-likeness (QED) is 0.207. The molecule has 2 rings (SSSR count). The fourth-order valence-electron chi connectivity index (χ4n) is 4.30. The van der Waals surface area contributed by atoms with Crippen molar-refractivity contribution in [1.82, 2.24) is 20.9 Å². The van der Waals surface area contributed by atoms with Gasteiger partial charge in [-0.3, -0.25) is 4.79 Å². The molecule has 1 aliphatic carbocycles. The lowest BCUT2D eigenvalue weighted by molar-refractivity contribution is -0.114. The summed E-state index contributed by atoms with van der Waals surface area (Å²) in [6.07, 6.45) is 10.4. The standard InChI is InChI=1S/C29H44FN5O/c1-17(2)27(13-12-24-14-19(5)16-35(24)9)33-20(6)25(29(31)36)15-26(30)21(7)34-28(23-10-11-23)22(8)32-18(3)4/h12-13,15-17,22-23,28,32-34H,3,6,10-11,14H2,1-2,4-5,7-9H3,(H2,31,36)/b24-12+,25-15+,26-21-,27-13+. The van der Waals surface area contributed by atoms with Gasteiger partial charge in [0, 0.05) is 60.2 Å². The van der Waals surface area contributed by atoms with E-state index in [1.165, 1.54) is 11.3 Å². The smallest absolute Gasteiger partial charge is 0.250 e. The zero-order valence-electron chi connectivity index (χ0n) is 23.0. The third-order valence-electron chi connectivity index (χ3n) is 6.45. The Morgan fingerprint density at radius 1 is 1.22 bits per heavy atom. The van der Waals surface area contributed by atoms with Crippen molar-refractivity contribution in [2.45, 2.75) is 72.9 Å². The summed E-state index contributed by atoms with van der Waals surface area (Å²) in [7, 11) is 2.01. The van der Waals surface area contributed by atoms with Crippen LogP contribution in [0.5, 0.6) is 0 Å². The van der Waals surface area contributed by atoms with Crippen molar-refractivity contribution in [3.63, 3.8) is 0 Å². The van der Waals surface area contributed by atoms with E-state index >= 15 is 4.39 Å². The second-order valence-electron chi connectivity index (χ2n) is 10.4. The maximum absolute atomic E-state index is 15.3. The maximum Gasteiger partial charge on any atom is 0.250 e. The van der Waals surface area contributed by atoms with Crippen LogP contribution in [0.1, 0.15) is 60.8 Å². The molecule has 1 aliphatic heterocycles. The zero-order valence-corrected chi connectivity index (χ0v) is 23.0. The van der Waals surface area contributed by atoms with Gasteiger partial charge in [-0.05, 0) is 70.6 Å². The summed E-state index contributed by atoms with van der Waals surface area (Å²) < 4.78 is 15.3. The molecule has 1 amide bonds. The molecule has 0 aromatic rings. The number of primary amides is 1. The average Bonchev–Trinajstić information content (AvgIpc) is 3.55. The summed E-state index contributed by atoms with van der Waals surface area (Å²) >= 11 is 0. The molecule has 0 spiro atoms. The summed E-state index contributed by atoms with van der Waals surface area (Å²) in [4.78, 5) is 14.3. The van der Waals surface area contributed by atoms with E-state index in [0.29, 0.717) is 11.6 Å². The van der Waals surface area contributed by atoms with Crippen molar-refractivity contribution in [3.05, 3.63) is 83.0 Å². The predicted octanol–water partition coefficient (Wildman–Crippen LogP) is 5.25. The predicted molar refractivity (Wildman–Crippen MR) is 148 cm³/mol. The van der Waals surface area contributed by atoms with Crippen molar-refractivity contribution in [3.8, 4) is 0 Å². The fraction of sp³-hybridized carbons (Fsp3) is 0.483. The van der Waals surface area contributed by atoms with E-state index in [4.69, 9.17) is 5.73 Å². The molecular formula is C29H44FN5O. The second kappa shape index (κ2) is 12.7. The van der Waals surface area contributed by atoms with Gasteiger partial charge < -0.3 is 26.6 Å². The lowest BCUT2D eigenvalue weighted by Gasteiger charge is -2.28. The molecule has 1 fully saturated rings. The average molecular weight is 498 g/mol. The Balaban J connectivity index is 2.22. The summed E-state index contributed by atoms with van der Waals surface area (Å²) in [6, 6.07) is 0.134. The molecule has 2 atom stereocenters. The molecule has 0 saturated heterocycles. The number of halogens is 1. The first-order valence-electron chi connectivity index (χ1n) is 12.6. The number of carbonyl (C=O) groups is 1. The Labute approximate surface area is 216 Å². The number of nitrogens with two attached hydrogens (primary N) is 1. The molecule has 36 heavy (non-hydrogen) atoms. The van der Waals surface area contributed by atoms with Gasteiger partial charge in [-0.1, -0.05) is 32.6 Å². The van der Waals surface area contributed by atoms with Gasteiger partial charge in [0.1, 0.15) is 5.83 Å². The van der Waals surface area contributed by atoms with Gasteiger partial charge in [-0.2, -0.15) is 0 Å². The van der Waals surface area contributed by atoms with Crippen LogP contribution >= 0.6 is 0 Å². The van der Waals surface area contributed by atoms with E-state index in [1.54, 1.807) is 6.92 Å². The number of hydrogen-bond donors (Lipinski definition) is 4. The highest BCUT2D eigenvalue weighted by molar-refractivity contribution is 5.96. The molecule has 0 bridgehead atoms. The molecule has 6 nitrogen and oxygen atoms in total. The molecule has 1 saturated carbocycles. The Morgan fingerprint density at radius 2 is 1.86 bits per heavy atom. The molecule has 0 aromatic carbocycles. The number of nitrogens with one attached hydrogen (secondary N) is 3. The van der Waals surface area contributed by atoms with Crippen LogP contribution in [-0.4, -0.2) is 29.9 Å². The Hall–Kier alpha value is -3.22.